The predicted octanol–water partition coefficient (Wildman–Crippen LogP) is 3.07. The normalized spacial score (nSPS) is 18.0. The molecule has 1 N–H and O–H groups in total. The van der Waals surface area contributed by atoms with Crippen LogP contribution in [-0.2, 0) is 0 Å². The highest BCUT2D eigenvalue weighted by Crippen LogP contribution is 2.23. The van der Waals surface area contributed by atoms with E-state index in [1.807, 2.05) is 6.92 Å². The minimum atomic E-state index is -0.553. The molecule has 3 rings (SSSR count). The molecule has 0 saturated carbocycles. The molecule has 1 unspecified atom stereocenters. The average molecular weight is 316 g/mol. The van der Waals surface area contributed by atoms with E-state index in [4.69, 9.17) is 0 Å². The van der Waals surface area contributed by atoms with Crippen molar-refractivity contribution >= 4 is 5.91 Å². The minimum absolute atomic E-state index is 0.0347. The van der Waals surface area contributed by atoms with Gasteiger partial charge in [0.1, 0.15) is 11.6 Å². The van der Waals surface area contributed by atoms with Crippen LogP contribution in [0.2, 0.25) is 0 Å². The van der Waals surface area contributed by atoms with Crippen molar-refractivity contribution in [1.29, 1.82) is 0 Å². The monoisotopic (exact) mass is 316 g/mol. The summed E-state index contributed by atoms with van der Waals surface area (Å²) >= 11 is 0. The number of amides is 1. The summed E-state index contributed by atoms with van der Waals surface area (Å²) in [6.45, 7) is 3.93. The first-order valence-electron chi connectivity index (χ1n) is 7.63. The van der Waals surface area contributed by atoms with E-state index in [-0.39, 0.29) is 23.3 Å². The number of rotatable bonds is 2. The van der Waals surface area contributed by atoms with Crippen LogP contribution in [-0.4, -0.2) is 36.5 Å². The SMILES string of the molecule is CC1CNCCN1C(=O)c1ccc(-c2ccc(F)cc2)cc1F. The lowest BCUT2D eigenvalue weighted by Crippen LogP contribution is -2.52. The molecule has 0 bridgehead atoms. The molecular weight excluding hydrogens is 298 g/mol. The molecule has 3 nitrogen and oxygen atoms in total. The van der Waals surface area contributed by atoms with Gasteiger partial charge in [-0.2, -0.15) is 0 Å². The van der Waals surface area contributed by atoms with E-state index in [1.54, 1.807) is 23.1 Å². The molecule has 0 aliphatic carbocycles. The van der Waals surface area contributed by atoms with Crippen molar-refractivity contribution in [2.24, 2.45) is 0 Å². The number of hydrogen-bond donors (Lipinski definition) is 1. The molecule has 23 heavy (non-hydrogen) atoms. The van der Waals surface area contributed by atoms with Gasteiger partial charge in [-0.15, -0.1) is 0 Å². The zero-order chi connectivity index (χ0) is 16.4. The van der Waals surface area contributed by atoms with Crippen LogP contribution in [0.1, 0.15) is 17.3 Å². The van der Waals surface area contributed by atoms with Gasteiger partial charge in [-0.25, -0.2) is 8.78 Å². The molecule has 2 aromatic carbocycles. The van der Waals surface area contributed by atoms with Gasteiger partial charge in [0, 0.05) is 25.7 Å². The van der Waals surface area contributed by atoms with Crippen molar-refractivity contribution in [3.8, 4) is 11.1 Å². The quantitative estimate of drug-likeness (QED) is 0.923. The van der Waals surface area contributed by atoms with E-state index in [2.05, 4.69) is 5.32 Å². The van der Waals surface area contributed by atoms with Crippen molar-refractivity contribution in [3.05, 3.63) is 59.7 Å². The summed E-state index contributed by atoms with van der Waals surface area (Å²) in [5, 5.41) is 3.20. The Hall–Kier alpha value is -2.27. The molecule has 1 amide bonds. The Kier molecular flexibility index (Phi) is 4.39. The summed E-state index contributed by atoms with van der Waals surface area (Å²) in [7, 11) is 0. The fraction of sp³-hybridized carbons (Fsp3) is 0.278. The third-order valence-electron chi connectivity index (χ3n) is 4.14. The maximum absolute atomic E-state index is 14.4. The Bertz CT molecular complexity index is 715. The van der Waals surface area contributed by atoms with Crippen LogP contribution in [0.25, 0.3) is 11.1 Å². The Morgan fingerprint density at radius 1 is 1.13 bits per heavy atom. The molecule has 1 aliphatic rings. The summed E-state index contributed by atoms with van der Waals surface area (Å²) in [5.74, 6) is -1.18. The van der Waals surface area contributed by atoms with E-state index >= 15 is 0 Å². The Balaban J connectivity index is 1.87. The zero-order valence-corrected chi connectivity index (χ0v) is 12.9. The van der Waals surface area contributed by atoms with E-state index < -0.39 is 5.82 Å². The van der Waals surface area contributed by atoms with Gasteiger partial charge in [0.15, 0.2) is 0 Å². The number of benzene rings is 2. The van der Waals surface area contributed by atoms with Gasteiger partial charge in [-0.3, -0.25) is 4.79 Å². The minimum Gasteiger partial charge on any atom is -0.333 e. The maximum atomic E-state index is 14.4. The van der Waals surface area contributed by atoms with Crippen LogP contribution >= 0.6 is 0 Å². The van der Waals surface area contributed by atoms with E-state index in [9.17, 15) is 13.6 Å². The largest absolute Gasteiger partial charge is 0.333 e. The highest BCUT2D eigenvalue weighted by Gasteiger charge is 2.26. The van der Waals surface area contributed by atoms with Crippen molar-refractivity contribution < 1.29 is 13.6 Å². The van der Waals surface area contributed by atoms with E-state index in [0.29, 0.717) is 30.8 Å². The molecule has 1 atom stereocenters. The summed E-state index contributed by atoms with van der Waals surface area (Å²) in [5.41, 5.74) is 1.40. The van der Waals surface area contributed by atoms with Gasteiger partial charge < -0.3 is 10.2 Å². The molecule has 0 aromatic heterocycles. The van der Waals surface area contributed by atoms with Crippen molar-refractivity contribution in [2.45, 2.75) is 13.0 Å². The van der Waals surface area contributed by atoms with Crippen LogP contribution < -0.4 is 5.32 Å². The first kappa shape index (κ1) is 15.6. The first-order valence-corrected chi connectivity index (χ1v) is 7.63. The van der Waals surface area contributed by atoms with Crippen LogP contribution in [0.3, 0.4) is 0 Å². The maximum Gasteiger partial charge on any atom is 0.257 e. The summed E-state index contributed by atoms with van der Waals surface area (Å²) in [6.07, 6.45) is 0. The second-order valence-corrected chi connectivity index (χ2v) is 5.75. The fourth-order valence-corrected chi connectivity index (χ4v) is 2.81. The van der Waals surface area contributed by atoms with Gasteiger partial charge in [-0.05, 0) is 42.3 Å². The molecule has 5 heteroatoms. The Labute approximate surface area is 133 Å². The number of nitrogens with zero attached hydrogens (tertiary/aromatic N) is 1. The predicted molar refractivity (Wildman–Crippen MR) is 85.2 cm³/mol. The standard InChI is InChI=1S/C18H18F2N2O/c1-12-11-21-8-9-22(12)18(23)16-7-4-14(10-17(16)20)13-2-5-15(19)6-3-13/h2-7,10,12,21H,8-9,11H2,1H3. The van der Waals surface area contributed by atoms with Crippen LogP contribution in [0.15, 0.2) is 42.5 Å². The fourth-order valence-electron chi connectivity index (χ4n) is 2.81. The molecule has 2 aromatic rings. The molecule has 120 valence electrons. The van der Waals surface area contributed by atoms with Crippen LogP contribution in [0.5, 0.6) is 0 Å². The highest BCUT2D eigenvalue weighted by molar-refractivity contribution is 5.95. The van der Waals surface area contributed by atoms with E-state index in [1.165, 1.54) is 24.3 Å². The molecule has 1 aliphatic heterocycles. The molecular formula is C18H18F2N2O. The summed E-state index contributed by atoms with van der Waals surface area (Å²) < 4.78 is 27.4. The lowest BCUT2D eigenvalue weighted by Gasteiger charge is -2.34. The third kappa shape index (κ3) is 3.24. The van der Waals surface area contributed by atoms with E-state index in [0.717, 1.165) is 0 Å². The van der Waals surface area contributed by atoms with Gasteiger partial charge in [0.2, 0.25) is 0 Å². The second-order valence-electron chi connectivity index (χ2n) is 5.75. The number of hydrogen-bond acceptors (Lipinski definition) is 2. The number of nitrogens with one attached hydrogen (secondary N) is 1. The van der Waals surface area contributed by atoms with Gasteiger partial charge in [-0.1, -0.05) is 18.2 Å². The van der Waals surface area contributed by atoms with Gasteiger partial charge in [0.05, 0.1) is 5.56 Å². The van der Waals surface area contributed by atoms with Crippen molar-refractivity contribution in [1.82, 2.24) is 10.2 Å². The lowest BCUT2D eigenvalue weighted by molar-refractivity contribution is 0.0651. The van der Waals surface area contributed by atoms with Crippen molar-refractivity contribution in [2.75, 3.05) is 19.6 Å². The summed E-state index contributed by atoms with van der Waals surface area (Å²) in [4.78, 5) is 14.2. The highest BCUT2D eigenvalue weighted by atomic mass is 19.1. The Morgan fingerprint density at radius 3 is 2.48 bits per heavy atom. The third-order valence-corrected chi connectivity index (χ3v) is 4.14. The number of piperazine rings is 1. The van der Waals surface area contributed by atoms with Crippen LogP contribution in [0, 0.1) is 11.6 Å². The molecule has 0 spiro atoms. The van der Waals surface area contributed by atoms with Crippen LogP contribution in [0.4, 0.5) is 8.78 Å². The molecule has 0 radical (unpaired) electrons. The molecule has 1 saturated heterocycles. The number of carbonyl (C=O) groups excluding carboxylic acids is 1. The first-order chi connectivity index (χ1) is 11.1. The lowest BCUT2D eigenvalue weighted by atomic mass is 10.0. The van der Waals surface area contributed by atoms with Crippen molar-refractivity contribution in [3.63, 3.8) is 0 Å². The molecule has 1 fully saturated rings. The zero-order valence-electron chi connectivity index (χ0n) is 12.9. The molecule has 1 heterocycles. The van der Waals surface area contributed by atoms with Gasteiger partial charge in [0.25, 0.3) is 5.91 Å². The van der Waals surface area contributed by atoms with Gasteiger partial charge >= 0.3 is 0 Å². The second kappa shape index (κ2) is 6.46. The average Bonchev–Trinajstić information content (AvgIpc) is 2.55. The number of carbonyl (C=O) groups is 1. The smallest absolute Gasteiger partial charge is 0.257 e. The topological polar surface area (TPSA) is 32.3 Å². The summed E-state index contributed by atoms with van der Waals surface area (Å²) in [6, 6.07) is 10.4. The number of halogens is 2. The Morgan fingerprint density at radius 2 is 1.83 bits per heavy atom.